The van der Waals surface area contributed by atoms with Crippen molar-refractivity contribution in [2.45, 2.75) is 18.4 Å². The van der Waals surface area contributed by atoms with E-state index in [1.807, 2.05) is 0 Å². The highest BCUT2D eigenvalue weighted by atomic mass is 32.1. The summed E-state index contributed by atoms with van der Waals surface area (Å²) in [5, 5.41) is 53.9. The Morgan fingerprint density at radius 1 is 1.18 bits per heavy atom. The van der Waals surface area contributed by atoms with Gasteiger partial charge in [-0.15, -0.1) is 11.5 Å². The van der Waals surface area contributed by atoms with Crippen molar-refractivity contribution in [3.8, 4) is 5.75 Å². The van der Waals surface area contributed by atoms with E-state index in [0.29, 0.717) is 16.9 Å². The lowest BCUT2D eigenvalue weighted by molar-refractivity contribution is -0.146. The number of phenolic OH excluding ortho intramolecular Hbond substituents is 1. The van der Waals surface area contributed by atoms with E-state index in [1.54, 1.807) is 37.2 Å². The molecule has 0 saturated carbocycles. The first-order chi connectivity index (χ1) is 20.8. The van der Waals surface area contributed by atoms with Crippen LogP contribution in [0.2, 0.25) is 0 Å². The van der Waals surface area contributed by atoms with Crippen LogP contribution in [0.25, 0.3) is 0 Å². The Balaban J connectivity index is 1.59. The van der Waals surface area contributed by atoms with Crippen LogP contribution >= 0.6 is 12.2 Å². The number of aromatic hydroxyl groups is 1. The second kappa shape index (κ2) is 10.9. The fourth-order valence-electron chi connectivity index (χ4n) is 6.42. The van der Waals surface area contributed by atoms with Crippen molar-refractivity contribution in [3.63, 3.8) is 0 Å². The molecule has 0 spiro atoms. The molecule has 228 valence electrons. The minimum absolute atomic E-state index is 0.0420. The molecule has 0 unspecified atom stereocenters. The Labute approximate surface area is 256 Å². The van der Waals surface area contributed by atoms with Crippen LogP contribution in [0, 0.1) is 22.7 Å². The van der Waals surface area contributed by atoms with E-state index in [9.17, 15) is 39.7 Å². The molecule has 3 aliphatic carbocycles. The maximum absolute atomic E-state index is 14.1. The van der Waals surface area contributed by atoms with Gasteiger partial charge >= 0.3 is 0 Å². The fraction of sp³-hybridized carbons (Fsp3) is 0.267. The van der Waals surface area contributed by atoms with E-state index >= 15 is 0 Å². The smallest absolute Gasteiger partial charge is 0.255 e. The number of hydrogen-bond acceptors (Lipinski definition) is 11. The van der Waals surface area contributed by atoms with Gasteiger partial charge in [-0.1, -0.05) is 6.08 Å². The lowest BCUT2D eigenvalue weighted by atomic mass is 9.57. The number of allylic oxidation sites excluding steroid dienone is 2. The average molecular weight is 620 g/mol. The summed E-state index contributed by atoms with van der Waals surface area (Å²) in [5.74, 6) is -8.57. The van der Waals surface area contributed by atoms with Crippen molar-refractivity contribution >= 4 is 57.6 Å². The number of Topliss-reactive ketones (excluding diaryl/α,β-unsaturated/α-hetero) is 2. The van der Waals surface area contributed by atoms with Gasteiger partial charge in [-0.3, -0.25) is 14.4 Å². The average Bonchev–Trinajstić information content (AvgIpc) is 2.96. The van der Waals surface area contributed by atoms with Gasteiger partial charge in [0.05, 0.1) is 11.3 Å². The van der Waals surface area contributed by atoms with Crippen molar-refractivity contribution in [2.24, 2.45) is 28.7 Å². The van der Waals surface area contributed by atoms with Crippen molar-refractivity contribution in [1.29, 1.82) is 0 Å². The Hall–Kier alpha value is -5.08. The molecule has 0 fully saturated rings. The maximum Gasteiger partial charge on any atom is 0.255 e. The molecular weight excluding hydrogens is 590 g/mol. The minimum atomic E-state index is -2.75. The summed E-state index contributed by atoms with van der Waals surface area (Å²) in [6, 6.07) is 7.71. The van der Waals surface area contributed by atoms with Crippen molar-refractivity contribution < 1.29 is 34.8 Å². The first-order valence-electron chi connectivity index (χ1n) is 13.4. The number of amides is 1. The molecule has 4 atom stereocenters. The number of primary amides is 1. The Kier molecular flexibility index (Phi) is 7.51. The van der Waals surface area contributed by atoms with Crippen LogP contribution in [-0.2, 0) is 16.0 Å². The molecule has 3 aliphatic rings. The molecule has 8 N–H and O–H groups in total. The number of aliphatic hydroxyl groups excluding tert-OH is 2. The van der Waals surface area contributed by atoms with Crippen molar-refractivity contribution in [3.05, 3.63) is 81.7 Å². The molecule has 13 nitrogen and oxygen atoms in total. The number of nitrogens with zero attached hydrogens (tertiary/aromatic N) is 2. The number of hydrogen-bond donors (Lipinski definition) is 7. The molecule has 14 heteroatoms. The lowest BCUT2D eigenvalue weighted by Gasteiger charge is -2.48. The number of carbonyl (C=O) groups is 3. The van der Waals surface area contributed by atoms with E-state index in [0.717, 1.165) is 0 Å². The molecule has 0 saturated heterocycles. The number of phenols is 1. The molecule has 5 rings (SSSR count). The number of nitrogens with two attached hydrogens (primary N) is 1. The van der Waals surface area contributed by atoms with Crippen molar-refractivity contribution in [1.82, 2.24) is 0 Å². The summed E-state index contributed by atoms with van der Waals surface area (Å²) in [6.07, 6.45) is 1.33. The zero-order chi connectivity index (χ0) is 32.2. The number of anilines is 3. The Morgan fingerprint density at radius 3 is 2.41 bits per heavy atom. The van der Waals surface area contributed by atoms with Crippen LogP contribution in [-0.4, -0.2) is 62.7 Å². The maximum atomic E-state index is 14.1. The van der Waals surface area contributed by atoms with E-state index < -0.39 is 63.7 Å². The number of aliphatic hydroxyl groups is 3. The standard InChI is InChI=1S/C30H29N5O8S/c1-4-15-17-10-12-9-16-19(35(2)3)11-18(33-29(44)32-13-5-7-14(34-43)8-6-13)24(37)21(16)25(38)20(12)26(39)30(17,42)27(40)22(23(15)36)28(31)41/h4-8,11-12,15,17,36-37,39,42H,1,9-10H2,2-3H3,(H2,31,41)(H2,32,33,44)/t12-,15-,17-,30-/m0/s1. The number of benzene rings is 2. The molecule has 0 bridgehead atoms. The predicted molar refractivity (Wildman–Crippen MR) is 166 cm³/mol. The molecule has 0 aromatic heterocycles. The van der Waals surface area contributed by atoms with Gasteiger partial charge in [0.15, 0.2) is 22.2 Å². The van der Waals surface area contributed by atoms with E-state index in [-0.39, 0.29) is 40.5 Å². The van der Waals surface area contributed by atoms with Gasteiger partial charge in [-0.2, -0.15) is 0 Å². The third-order valence-electron chi connectivity index (χ3n) is 8.45. The lowest BCUT2D eigenvalue weighted by Crippen LogP contribution is -2.59. The van der Waals surface area contributed by atoms with Crippen LogP contribution < -0.4 is 21.3 Å². The van der Waals surface area contributed by atoms with Crippen molar-refractivity contribution in [2.75, 3.05) is 29.6 Å². The van der Waals surface area contributed by atoms with Gasteiger partial charge in [0, 0.05) is 42.9 Å². The number of rotatable bonds is 6. The third kappa shape index (κ3) is 4.50. The number of thiocarbonyl (C=S) groups is 1. The highest BCUT2D eigenvalue weighted by molar-refractivity contribution is 7.80. The fourth-order valence-corrected chi connectivity index (χ4v) is 6.65. The molecule has 44 heavy (non-hydrogen) atoms. The summed E-state index contributed by atoms with van der Waals surface area (Å²) < 4.78 is 0. The number of nitrogens with one attached hydrogen (secondary N) is 2. The van der Waals surface area contributed by atoms with Gasteiger partial charge in [0.25, 0.3) is 5.91 Å². The van der Waals surface area contributed by atoms with Gasteiger partial charge in [0.1, 0.15) is 22.8 Å². The van der Waals surface area contributed by atoms with E-state index in [2.05, 4.69) is 22.4 Å². The minimum Gasteiger partial charge on any atom is -0.511 e. The first-order valence-corrected chi connectivity index (χ1v) is 13.9. The first kappa shape index (κ1) is 30.4. The largest absolute Gasteiger partial charge is 0.511 e. The van der Waals surface area contributed by atoms with Crippen LogP contribution in [0.15, 0.2) is 70.8 Å². The molecule has 0 radical (unpaired) electrons. The summed E-state index contributed by atoms with van der Waals surface area (Å²) in [4.78, 5) is 52.0. The normalized spacial score (nSPS) is 24.1. The monoisotopic (exact) mass is 619 g/mol. The number of fused-ring (bicyclic) bond motifs is 3. The SMILES string of the molecule is C=C[C@@H]1C(O)=C(C(N)=O)C(=O)[C@@]2(O)C(O)=C3C(=O)c4c(O)c(NC(=S)Nc5ccc(N=O)cc5)cc(N(C)C)c4C[C@H]3C[C@@H]12. The summed E-state index contributed by atoms with van der Waals surface area (Å²) >= 11 is 5.39. The van der Waals surface area contributed by atoms with Gasteiger partial charge in [-0.05, 0) is 72.0 Å². The Morgan fingerprint density at radius 2 is 1.84 bits per heavy atom. The summed E-state index contributed by atoms with van der Waals surface area (Å²) in [5.41, 5.74) is 3.05. The summed E-state index contributed by atoms with van der Waals surface area (Å²) in [6.45, 7) is 3.66. The second-order valence-corrected chi connectivity index (χ2v) is 11.5. The topological polar surface area (TPSA) is 215 Å². The molecule has 2 aromatic rings. The summed E-state index contributed by atoms with van der Waals surface area (Å²) in [7, 11) is 3.48. The van der Waals surface area contributed by atoms with Crippen LogP contribution in [0.3, 0.4) is 0 Å². The predicted octanol–water partition coefficient (Wildman–Crippen LogP) is 3.27. The Bertz CT molecular complexity index is 1730. The van der Waals surface area contributed by atoms with Gasteiger partial charge < -0.3 is 41.7 Å². The van der Waals surface area contributed by atoms with E-state index in [1.165, 1.54) is 18.2 Å². The van der Waals surface area contributed by atoms with Gasteiger partial charge in [-0.25, -0.2) is 0 Å². The quantitative estimate of drug-likeness (QED) is 0.0816. The highest BCUT2D eigenvalue weighted by Gasteiger charge is 2.62. The molecule has 2 aromatic carbocycles. The molecule has 0 aliphatic heterocycles. The highest BCUT2D eigenvalue weighted by Crippen LogP contribution is 2.55. The van der Waals surface area contributed by atoms with Crippen LogP contribution in [0.4, 0.5) is 22.7 Å². The third-order valence-corrected chi connectivity index (χ3v) is 8.65. The molecule has 1 amide bonds. The van der Waals surface area contributed by atoms with E-state index in [4.69, 9.17) is 18.0 Å². The molecular formula is C30H29N5O8S. The van der Waals surface area contributed by atoms with Gasteiger partial charge in [0.2, 0.25) is 5.78 Å². The van der Waals surface area contributed by atoms with Crippen LogP contribution in [0.1, 0.15) is 22.3 Å². The number of ketones is 2. The van der Waals surface area contributed by atoms with Crippen LogP contribution in [0.5, 0.6) is 5.75 Å². The zero-order valence-corrected chi connectivity index (χ0v) is 24.4. The number of nitroso groups, excluding NO2 is 1. The molecule has 0 heterocycles. The number of carbonyl (C=O) groups excluding carboxylic acids is 3. The second-order valence-electron chi connectivity index (χ2n) is 11.1. The zero-order valence-electron chi connectivity index (χ0n) is 23.6.